The molecule has 82 heavy (non-hydrogen) atoms. The van der Waals surface area contributed by atoms with Crippen LogP contribution in [-0.4, -0.2) is 47.4 Å². The molecule has 484 valence electrons. The molecule has 0 rings (SSSR count). The van der Waals surface area contributed by atoms with E-state index in [0.717, 1.165) is 51.4 Å². The third kappa shape index (κ3) is 67.2. The summed E-state index contributed by atoms with van der Waals surface area (Å²) in [6.45, 7) is 4.94. The quantitative estimate of drug-likeness (QED) is 0.0320. The second-order valence-electron chi connectivity index (χ2n) is 25.6. The summed E-state index contributed by atoms with van der Waals surface area (Å²) < 4.78 is 5.48. The second kappa shape index (κ2) is 71.6. The molecule has 1 amide bonds. The summed E-state index contributed by atoms with van der Waals surface area (Å²) in [5.74, 6) is -0.0300. The van der Waals surface area contributed by atoms with Gasteiger partial charge < -0.3 is 20.3 Å². The van der Waals surface area contributed by atoms with Crippen LogP contribution in [0.5, 0.6) is 0 Å². The molecule has 2 unspecified atom stereocenters. The largest absolute Gasteiger partial charge is 0.466 e. The van der Waals surface area contributed by atoms with Crippen LogP contribution in [0.4, 0.5) is 0 Å². The van der Waals surface area contributed by atoms with Gasteiger partial charge in [-0.1, -0.05) is 359 Å². The summed E-state index contributed by atoms with van der Waals surface area (Å²) in [5, 5.41) is 23.5. The fraction of sp³-hybridized carbons (Fsp3) is 0.895. The first-order valence-corrected chi connectivity index (χ1v) is 37.2. The smallest absolute Gasteiger partial charge is 0.305 e. The summed E-state index contributed by atoms with van der Waals surface area (Å²) in [6, 6.07) is -0.544. The van der Waals surface area contributed by atoms with E-state index in [2.05, 4.69) is 55.6 Å². The Morgan fingerprint density at radius 3 is 0.976 bits per heavy atom. The summed E-state index contributed by atoms with van der Waals surface area (Å²) in [4.78, 5) is 24.6. The fourth-order valence-corrected chi connectivity index (χ4v) is 11.7. The Bertz CT molecular complexity index is 1330. The Balaban J connectivity index is 3.39. The minimum atomic E-state index is -0.667. The van der Waals surface area contributed by atoms with Crippen LogP contribution in [0.3, 0.4) is 0 Å². The van der Waals surface area contributed by atoms with Crippen molar-refractivity contribution < 1.29 is 24.5 Å². The summed E-state index contributed by atoms with van der Waals surface area (Å²) in [7, 11) is 0. The lowest BCUT2D eigenvalue weighted by Gasteiger charge is -2.22. The Kier molecular flexibility index (Phi) is 69.9. The molecule has 0 aliphatic rings. The highest BCUT2D eigenvalue weighted by Crippen LogP contribution is 2.19. The van der Waals surface area contributed by atoms with E-state index in [9.17, 15) is 19.8 Å². The molecule has 0 radical (unpaired) electrons. The van der Waals surface area contributed by atoms with Crippen molar-refractivity contribution in [2.75, 3.05) is 13.2 Å². The molecule has 0 aromatic carbocycles. The van der Waals surface area contributed by atoms with Crippen LogP contribution < -0.4 is 5.32 Å². The van der Waals surface area contributed by atoms with Gasteiger partial charge in [0.15, 0.2) is 0 Å². The zero-order chi connectivity index (χ0) is 59.2. The minimum Gasteiger partial charge on any atom is -0.466 e. The number of esters is 1. The molecule has 0 fully saturated rings. The number of rotatable bonds is 70. The van der Waals surface area contributed by atoms with Crippen molar-refractivity contribution in [1.82, 2.24) is 5.32 Å². The lowest BCUT2D eigenvalue weighted by molar-refractivity contribution is -0.143. The number of carbonyl (C=O) groups is 2. The Morgan fingerprint density at radius 2 is 0.622 bits per heavy atom. The predicted molar refractivity (Wildman–Crippen MR) is 361 cm³/mol. The Morgan fingerprint density at radius 1 is 0.341 bits per heavy atom. The normalized spacial score (nSPS) is 12.7. The van der Waals surface area contributed by atoms with E-state index >= 15 is 0 Å². The molecule has 0 heterocycles. The average molecular weight is 1150 g/mol. The molecular weight excluding hydrogens is 1010 g/mol. The number of hydrogen-bond donors (Lipinski definition) is 3. The maximum Gasteiger partial charge on any atom is 0.305 e. The van der Waals surface area contributed by atoms with Crippen LogP contribution in [0.2, 0.25) is 0 Å². The minimum absolute atomic E-state index is 0.00109. The van der Waals surface area contributed by atoms with Crippen molar-refractivity contribution in [3.05, 3.63) is 36.5 Å². The van der Waals surface area contributed by atoms with Gasteiger partial charge in [0.25, 0.3) is 0 Å². The van der Waals surface area contributed by atoms with Gasteiger partial charge in [0.1, 0.15) is 0 Å². The first kappa shape index (κ1) is 80.1. The molecule has 6 heteroatoms. The van der Waals surface area contributed by atoms with Gasteiger partial charge in [-0.15, -0.1) is 0 Å². The van der Waals surface area contributed by atoms with Gasteiger partial charge in [0, 0.05) is 12.8 Å². The molecule has 0 aliphatic heterocycles. The standard InChI is InChI=1S/C76H145NO5/c1-3-5-7-9-11-13-15-17-19-20-21-22-23-29-32-35-38-41-44-48-52-56-60-64-68-74(79)73(72-78)77-75(80)69-65-61-57-53-49-45-42-39-36-33-30-27-25-24-26-28-31-34-37-40-43-47-51-55-59-63-67-71-82-76(81)70-66-62-58-54-50-46-18-16-14-12-10-8-6-4-2/h10,12,16,18,24-25,73-74,78-79H,3-9,11,13-15,17,19-23,26-72H2,1-2H3,(H,77,80)/b12-10-,18-16-,25-24-. The van der Waals surface area contributed by atoms with Gasteiger partial charge >= 0.3 is 5.97 Å². The van der Waals surface area contributed by atoms with Crippen molar-refractivity contribution in [3.8, 4) is 0 Å². The van der Waals surface area contributed by atoms with Crippen LogP contribution >= 0.6 is 0 Å². The van der Waals surface area contributed by atoms with Gasteiger partial charge in [-0.05, 0) is 77.0 Å². The molecule has 0 saturated carbocycles. The fourth-order valence-electron chi connectivity index (χ4n) is 11.7. The van der Waals surface area contributed by atoms with Crippen molar-refractivity contribution in [3.63, 3.8) is 0 Å². The van der Waals surface area contributed by atoms with E-state index < -0.39 is 12.1 Å². The highest BCUT2D eigenvalue weighted by Gasteiger charge is 2.20. The number of aliphatic hydroxyl groups is 2. The highest BCUT2D eigenvalue weighted by molar-refractivity contribution is 5.76. The van der Waals surface area contributed by atoms with Crippen molar-refractivity contribution >= 4 is 11.9 Å². The van der Waals surface area contributed by atoms with Gasteiger partial charge in [-0.25, -0.2) is 0 Å². The first-order valence-electron chi connectivity index (χ1n) is 37.2. The third-order valence-electron chi connectivity index (χ3n) is 17.4. The lowest BCUT2D eigenvalue weighted by Crippen LogP contribution is -2.45. The number of unbranched alkanes of at least 4 members (excludes halogenated alkanes) is 53. The molecular formula is C76H145NO5. The molecule has 0 aromatic rings. The monoisotopic (exact) mass is 1150 g/mol. The Labute approximate surface area is 513 Å². The summed E-state index contributed by atoms with van der Waals surface area (Å²) in [5.41, 5.74) is 0. The van der Waals surface area contributed by atoms with Crippen LogP contribution in [0.25, 0.3) is 0 Å². The van der Waals surface area contributed by atoms with E-state index in [1.54, 1.807) is 0 Å². The van der Waals surface area contributed by atoms with E-state index in [1.807, 2.05) is 0 Å². The number of hydrogen-bond acceptors (Lipinski definition) is 5. The van der Waals surface area contributed by atoms with E-state index in [-0.39, 0.29) is 18.5 Å². The van der Waals surface area contributed by atoms with Crippen molar-refractivity contribution in [1.29, 1.82) is 0 Å². The van der Waals surface area contributed by atoms with Crippen molar-refractivity contribution in [2.24, 2.45) is 0 Å². The molecule has 0 spiro atoms. The molecule has 6 nitrogen and oxygen atoms in total. The first-order chi connectivity index (χ1) is 40.5. The SMILES string of the molecule is CCCC/C=C\C/C=C\CCCCCCCC(=O)OCCCCCCCCCCCCCC/C=C\CCCCCCCCCCCCCC(=O)NC(CO)C(O)CCCCCCCCCCCCCCCCCCCCCCCCCC. The van der Waals surface area contributed by atoms with Crippen molar-refractivity contribution in [2.45, 2.75) is 424 Å². The molecule has 2 atom stereocenters. The number of ether oxygens (including phenoxy) is 1. The number of amides is 1. The van der Waals surface area contributed by atoms with Crippen LogP contribution in [-0.2, 0) is 14.3 Å². The maximum atomic E-state index is 12.6. The van der Waals surface area contributed by atoms with Gasteiger partial charge in [-0.2, -0.15) is 0 Å². The summed E-state index contributed by atoms with van der Waals surface area (Å²) in [6.07, 6.45) is 92.1. The summed E-state index contributed by atoms with van der Waals surface area (Å²) >= 11 is 0. The second-order valence-corrected chi connectivity index (χ2v) is 25.6. The van der Waals surface area contributed by atoms with E-state index in [4.69, 9.17) is 4.74 Å². The molecule has 0 bridgehead atoms. The molecule has 0 aliphatic carbocycles. The predicted octanol–water partition coefficient (Wildman–Crippen LogP) is 24.3. The zero-order valence-corrected chi connectivity index (χ0v) is 55.5. The van der Waals surface area contributed by atoms with Crippen LogP contribution in [0, 0.1) is 0 Å². The van der Waals surface area contributed by atoms with Gasteiger partial charge in [0.2, 0.25) is 5.91 Å². The molecule has 0 aromatic heterocycles. The molecule has 3 N–H and O–H groups in total. The average Bonchev–Trinajstić information content (AvgIpc) is 3.48. The van der Waals surface area contributed by atoms with Crippen LogP contribution in [0.15, 0.2) is 36.5 Å². The number of allylic oxidation sites excluding steroid dienone is 6. The van der Waals surface area contributed by atoms with Gasteiger partial charge in [0.05, 0.1) is 25.4 Å². The number of carbonyl (C=O) groups excluding carboxylic acids is 2. The van der Waals surface area contributed by atoms with E-state index in [1.165, 1.54) is 327 Å². The number of aliphatic hydroxyl groups excluding tert-OH is 2. The topological polar surface area (TPSA) is 95.9 Å². The van der Waals surface area contributed by atoms with Crippen LogP contribution in [0.1, 0.15) is 412 Å². The highest BCUT2D eigenvalue weighted by atomic mass is 16.5. The van der Waals surface area contributed by atoms with Gasteiger partial charge in [-0.3, -0.25) is 9.59 Å². The molecule has 0 saturated heterocycles. The lowest BCUT2D eigenvalue weighted by atomic mass is 10.0. The maximum absolute atomic E-state index is 12.6. The Hall–Kier alpha value is -1.92. The zero-order valence-electron chi connectivity index (χ0n) is 55.5. The number of nitrogens with one attached hydrogen (secondary N) is 1. The third-order valence-corrected chi connectivity index (χ3v) is 17.4. The van der Waals surface area contributed by atoms with E-state index in [0.29, 0.717) is 25.9 Å².